The number of aliphatic hydroxyl groups is 1. The van der Waals surface area contributed by atoms with E-state index >= 15 is 0 Å². The van der Waals surface area contributed by atoms with E-state index in [-0.39, 0.29) is 18.0 Å². The number of halogens is 1. The van der Waals surface area contributed by atoms with Crippen LogP contribution >= 0.6 is 11.6 Å². The van der Waals surface area contributed by atoms with Crippen molar-refractivity contribution < 1.29 is 28.9 Å². The van der Waals surface area contributed by atoms with Gasteiger partial charge in [0, 0.05) is 17.9 Å². The van der Waals surface area contributed by atoms with E-state index in [9.17, 15) is 14.7 Å². The first-order valence-corrected chi connectivity index (χ1v) is 9.41. The van der Waals surface area contributed by atoms with Crippen molar-refractivity contribution >= 4 is 23.2 Å². The number of ether oxygens (including phenoxy) is 3. The molecule has 4 rings (SSSR count). The highest BCUT2D eigenvalue weighted by atomic mass is 35.5. The van der Waals surface area contributed by atoms with Crippen molar-refractivity contribution in [3.63, 3.8) is 0 Å². The van der Waals surface area contributed by atoms with Crippen LogP contribution in [0.25, 0.3) is 0 Å². The van der Waals surface area contributed by atoms with E-state index < -0.39 is 33.6 Å². The van der Waals surface area contributed by atoms with Crippen molar-refractivity contribution in [1.29, 1.82) is 0 Å². The molecule has 1 saturated carbocycles. The molecule has 8 heteroatoms. The standard InChI is InChI=1S/C19H24ClNO6/c1-21-6-5-17-8-11(23)14(26-3)16(27-4)18(17,21)9-12(20)19(17)13(25-2)7-10(22)15(19)24/h7,12,15,24H,5-6,8-9H2,1-4H3/t12-,15+,17+,18+,19+/m0/s1. The lowest BCUT2D eigenvalue weighted by Crippen LogP contribution is -2.62. The topological polar surface area (TPSA) is 85.3 Å². The fourth-order valence-corrected chi connectivity index (χ4v) is 7.14. The van der Waals surface area contributed by atoms with Gasteiger partial charge in [-0.15, -0.1) is 11.6 Å². The third kappa shape index (κ3) is 1.72. The van der Waals surface area contributed by atoms with E-state index in [0.717, 1.165) is 0 Å². The summed E-state index contributed by atoms with van der Waals surface area (Å²) in [7, 11) is 6.38. The lowest BCUT2D eigenvalue weighted by Gasteiger charge is -2.53. The number of methoxy groups -OCH3 is 3. The summed E-state index contributed by atoms with van der Waals surface area (Å²) in [5.41, 5.74) is -2.79. The molecule has 0 aromatic heterocycles. The maximum Gasteiger partial charge on any atom is 0.201 e. The number of Topliss-reactive ketones (excluding diaryl/α,β-unsaturated/α-hetero) is 1. The predicted octanol–water partition coefficient (Wildman–Crippen LogP) is 0.996. The largest absolute Gasteiger partial charge is 0.500 e. The molecular weight excluding hydrogens is 374 g/mol. The third-order valence-corrected chi connectivity index (χ3v) is 7.88. The van der Waals surface area contributed by atoms with Gasteiger partial charge in [-0.1, -0.05) is 0 Å². The Hall–Kier alpha value is -1.57. The van der Waals surface area contributed by atoms with E-state index in [1.807, 2.05) is 7.05 Å². The summed E-state index contributed by atoms with van der Waals surface area (Å²) in [5, 5.41) is 10.4. The molecule has 0 aromatic carbocycles. The number of likely N-dealkylation sites (tertiary alicyclic amines) is 1. The maximum atomic E-state index is 13.1. The number of alkyl halides is 1. The SMILES string of the molecule is COC1=CC(=O)[C@@H](O)[C@@]12[C@@H](Cl)C[C@@]13C(OC)=C(OC)C(=O)C[C@@]21CCN3C. The molecule has 1 saturated heterocycles. The summed E-state index contributed by atoms with van der Waals surface area (Å²) < 4.78 is 16.7. The first-order valence-electron chi connectivity index (χ1n) is 8.97. The van der Waals surface area contributed by atoms with E-state index in [2.05, 4.69) is 4.90 Å². The van der Waals surface area contributed by atoms with Crippen molar-refractivity contribution in [1.82, 2.24) is 4.90 Å². The number of hydrogen-bond donors (Lipinski definition) is 1. The smallest absolute Gasteiger partial charge is 0.201 e. The number of carbonyl (C=O) groups excluding carboxylic acids is 2. The average molecular weight is 398 g/mol. The zero-order valence-corrected chi connectivity index (χ0v) is 16.6. The fraction of sp³-hybridized carbons (Fsp3) is 0.684. The van der Waals surface area contributed by atoms with Gasteiger partial charge in [0.2, 0.25) is 11.5 Å². The minimum atomic E-state index is -1.36. The van der Waals surface area contributed by atoms with Crippen LogP contribution < -0.4 is 0 Å². The molecule has 5 atom stereocenters. The molecular formula is C19H24ClNO6. The van der Waals surface area contributed by atoms with Gasteiger partial charge in [0.15, 0.2) is 11.5 Å². The summed E-state index contributed by atoms with van der Waals surface area (Å²) in [5.74, 6) is 0.300. The van der Waals surface area contributed by atoms with E-state index in [0.29, 0.717) is 30.9 Å². The summed E-state index contributed by atoms with van der Waals surface area (Å²) in [4.78, 5) is 27.7. The number of likely N-dealkylation sites (N-methyl/N-ethyl adjacent to an activating group) is 1. The van der Waals surface area contributed by atoms with Crippen LogP contribution in [0, 0.1) is 10.8 Å². The monoisotopic (exact) mass is 397 g/mol. The number of allylic oxidation sites excluding steroid dienone is 1. The van der Waals surface area contributed by atoms with Gasteiger partial charge < -0.3 is 19.3 Å². The summed E-state index contributed by atoms with van der Waals surface area (Å²) in [6.45, 7) is 0.667. The van der Waals surface area contributed by atoms with Crippen molar-refractivity contribution in [2.75, 3.05) is 34.9 Å². The second kappa shape index (κ2) is 5.72. The molecule has 4 aliphatic rings. The van der Waals surface area contributed by atoms with Crippen LogP contribution in [0.4, 0.5) is 0 Å². The Labute approximate surface area is 162 Å². The highest BCUT2D eigenvalue weighted by Gasteiger charge is 2.83. The minimum absolute atomic E-state index is 0.0988. The van der Waals surface area contributed by atoms with Gasteiger partial charge in [0.25, 0.3) is 0 Å². The third-order valence-electron chi connectivity index (χ3n) is 7.39. The first kappa shape index (κ1) is 18.8. The number of hydrogen-bond acceptors (Lipinski definition) is 7. The summed E-state index contributed by atoms with van der Waals surface area (Å²) in [6.07, 6.45) is 1.04. The molecule has 0 unspecified atom stereocenters. The molecule has 3 aliphatic carbocycles. The lowest BCUT2D eigenvalue weighted by molar-refractivity contribution is -0.143. The molecule has 1 aliphatic heterocycles. The number of ketones is 2. The molecule has 0 amide bonds. The Morgan fingerprint density at radius 1 is 1.22 bits per heavy atom. The molecule has 1 N–H and O–H groups in total. The second-order valence-electron chi connectivity index (χ2n) is 7.84. The molecule has 0 bridgehead atoms. The number of carbonyl (C=O) groups is 2. The van der Waals surface area contributed by atoms with Gasteiger partial charge in [-0.25, -0.2) is 0 Å². The average Bonchev–Trinajstić information content (AvgIpc) is 3.16. The van der Waals surface area contributed by atoms with Crippen LogP contribution in [0.3, 0.4) is 0 Å². The molecule has 7 nitrogen and oxygen atoms in total. The molecule has 1 heterocycles. The summed E-state index contributed by atoms with van der Waals surface area (Å²) in [6, 6.07) is 0. The minimum Gasteiger partial charge on any atom is -0.500 e. The zero-order chi connectivity index (χ0) is 19.8. The Kier molecular flexibility index (Phi) is 3.98. The molecule has 1 spiro atoms. The zero-order valence-electron chi connectivity index (χ0n) is 15.9. The van der Waals surface area contributed by atoms with E-state index in [1.165, 1.54) is 27.4 Å². The van der Waals surface area contributed by atoms with Gasteiger partial charge in [0.1, 0.15) is 11.9 Å². The van der Waals surface area contributed by atoms with Gasteiger partial charge in [0.05, 0.1) is 37.7 Å². The van der Waals surface area contributed by atoms with Crippen LogP contribution in [-0.4, -0.2) is 73.5 Å². The highest BCUT2D eigenvalue weighted by molar-refractivity contribution is 6.23. The van der Waals surface area contributed by atoms with Crippen LogP contribution in [0.1, 0.15) is 19.3 Å². The van der Waals surface area contributed by atoms with E-state index in [1.54, 1.807) is 0 Å². The Balaban J connectivity index is 2.07. The molecule has 27 heavy (non-hydrogen) atoms. The predicted molar refractivity (Wildman–Crippen MR) is 95.9 cm³/mol. The molecule has 0 aromatic rings. The van der Waals surface area contributed by atoms with Crippen molar-refractivity contribution in [2.45, 2.75) is 36.3 Å². The number of aliphatic hydroxyl groups excluding tert-OH is 1. The first-order chi connectivity index (χ1) is 12.8. The van der Waals surface area contributed by atoms with Gasteiger partial charge in [-0.05, 0) is 26.4 Å². The van der Waals surface area contributed by atoms with Crippen LogP contribution in [0.2, 0.25) is 0 Å². The normalized spacial score (nSPS) is 43.9. The van der Waals surface area contributed by atoms with Crippen molar-refractivity contribution in [3.8, 4) is 0 Å². The van der Waals surface area contributed by atoms with Gasteiger partial charge >= 0.3 is 0 Å². The number of rotatable bonds is 3. The Bertz CT molecular complexity index is 793. The van der Waals surface area contributed by atoms with Gasteiger partial charge in [-0.2, -0.15) is 0 Å². The molecule has 148 valence electrons. The lowest BCUT2D eigenvalue weighted by atomic mass is 9.53. The van der Waals surface area contributed by atoms with Gasteiger partial charge in [-0.3, -0.25) is 14.5 Å². The van der Waals surface area contributed by atoms with Crippen molar-refractivity contribution in [3.05, 3.63) is 23.4 Å². The Morgan fingerprint density at radius 3 is 2.52 bits per heavy atom. The van der Waals surface area contributed by atoms with E-state index in [4.69, 9.17) is 25.8 Å². The van der Waals surface area contributed by atoms with Crippen LogP contribution in [0.15, 0.2) is 23.4 Å². The number of nitrogens with zero attached hydrogens (tertiary/aromatic N) is 1. The van der Waals surface area contributed by atoms with Crippen LogP contribution in [0.5, 0.6) is 0 Å². The molecule has 0 radical (unpaired) electrons. The van der Waals surface area contributed by atoms with Crippen molar-refractivity contribution in [2.24, 2.45) is 10.8 Å². The fourth-order valence-electron chi connectivity index (χ4n) is 6.48. The second-order valence-corrected chi connectivity index (χ2v) is 8.37. The highest BCUT2D eigenvalue weighted by Crippen LogP contribution is 2.76. The molecule has 2 fully saturated rings. The quantitative estimate of drug-likeness (QED) is 0.711. The Morgan fingerprint density at radius 2 is 1.93 bits per heavy atom. The summed E-state index contributed by atoms with van der Waals surface area (Å²) >= 11 is 6.91. The maximum absolute atomic E-state index is 13.1. The van der Waals surface area contributed by atoms with Crippen LogP contribution in [-0.2, 0) is 23.8 Å².